The van der Waals surface area contributed by atoms with E-state index in [1.54, 1.807) is 11.1 Å². The Bertz CT molecular complexity index is 383. The molecule has 0 bridgehead atoms. The van der Waals surface area contributed by atoms with Crippen LogP contribution in [0.15, 0.2) is 24.3 Å². The van der Waals surface area contributed by atoms with Gasteiger partial charge in [-0.2, -0.15) is 0 Å². The van der Waals surface area contributed by atoms with Crippen LogP contribution in [0.4, 0.5) is 0 Å². The van der Waals surface area contributed by atoms with Crippen molar-refractivity contribution in [3.63, 3.8) is 0 Å². The van der Waals surface area contributed by atoms with Crippen molar-refractivity contribution in [1.29, 1.82) is 0 Å². The van der Waals surface area contributed by atoms with Crippen molar-refractivity contribution in [3.8, 4) is 0 Å². The molecule has 0 heterocycles. The van der Waals surface area contributed by atoms with Crippen molar-refractivity contribution in [3.05, 3.63) is 35.4 Å². The van der Waals surface area contributed by atoms with Crippen LogP contribution < -0.4 is 5.32 Å². The van der Waals surface area contributed by atoms with Crippen LogP contribution in [0.5, 0.6) is 0 Å². The zero-order chi connectivity index (χ0) is 11.9. The molecular weight excluding hydrogens is 206 g/mol. The lowest BCUT2D eigenvalue weighted by Gasteiger charge is -2.10. The minimum Gasteiger partial charge on any atom is -0.316 e. The monoisotopic (exact) mass is 229 g/mol. The highest BCUT2D eigenvalue weighted by Crippen LogP contribution is 2.60. The third kappa shape index (κ3) is 2.13. The lowest BCUT2D eigenvalue weighted by atomic mass is 10.00. The highest BCUT2D eigenvalue weighted by Gasteiger charge is 2.55. The summed E-state index contributed by atoms with van der Waals surface area (Å²) in [6.45, 7) is 6.95. The van der Waals surface area contributed by atoms with Crippen LogP contribution in [-0.2, 0) is 12.8 Å². The Morgan fingerprint density at radius 1 is 1.24 bits per heavy atom. The number of hydrogen-bond acceptors (Lipinski definition) is 1. The molecule has 2 aliphatic rings. The SMILES string of the molecule is CC(C)CNCC1CC12Cc1ccccc1C2. The smallest absolute Gasteiger partial charge is 0.00147 e. The van der Waals surface area contributed by atoms with Gasteiger partial charge in [0.05, 0.1) is 0 Å². The molecular formula is C16H23N. The topological polar surface area (TPSA) is 12.0 Å². The maximum atomic E-state index is 3.62. The van der Waals surface area contributed by atoms with Gasteiger partial charge in [-0.15, -0.1) is 0 Å². The largest absolute Gasteiger partial charge is 0.316 e. The third-order valence-electron chi connectivity index (χ3n) is 4.51. The van der Waals surface area contributed by atoms with E-state index in [0.717, 1.165) is 11.8 Å². The normalized spacial score (nSPS) is 24.3. The van der Waals surface area contributed by atoms with Gasteiger partial charge in [0.2, 0.25) is 0 Å². The fourth-order valence-electron chi connectivity index (χ4n) is 3.42. The summed E-state index contributed by atoms with van der Waals surface area (Å²) < 4.78 is 0. The van der Waals surface area contributed by atoms with Crippen molar-refractivity contribution < 1.29 is 0 Å². The van der Waals surface area contributed by atoms with E-state index in [4.69, 9.17) is 0 Å². The molecule has 1 aromatic carbocycles. The molecule has 1 heteroatoms. The second-order valence-corrected chi connectivity index (χ2v) is 6.44. The van der Waals surface area contributed by atoms with Gasteiger partial charge >= 0.3 is 0 Å². The zero-order valence-corrected chi connectivity index (χ0v) is 11.0. The fourth-order valence-corrected chi connectivity index (χ4v) is 3.42. The summed E-state index contributed by atoms with van der Waals surface area (Å²) in [5.41, 5.74) is 3.87. The maximum absolute atomic E-state index is 3.62. The summed E-state index contributed by atoms with van der Waals surface area (Å²) in [5.74, 6) is 1.69. The second-order valence-electron chi connectivity index (χ2n) is 6.44. The van der Waals surface area contributed by atoms with Crippen molar-refractivity contribution in [2.45, 2.75) is 33.1 Å². The van der Waals surface area contributed by atoms with Crippen LogP contribution >= 0.6 is 0 Å². The van der Waals surface area contributed by atoms with Crippen molar-refractivity contribution >= 4 is 0 Å². The molecule has 1 fully saturated rings. The summed E-state index contributed by atoms with van der Waals surface area (Å²) in [7, 11) is 0. The van der Waals surface area contributed by atoms with E-state index in [1.807, 2.05) is 0 Å². The first kappa shape index (κ1) is 11.3. The molecule has 0 aliphatic heterocycles. The van der Waals surface area contributed by atoms with E-state index in [1.165, 1.54) is 32.4 Å². The van der Waals surface area contributed by atoms with Crippen molar-refractivity contribution in [2.24, 2.45) is 17.3 Å². The highest BCUT2D eigenvalue weighted by atomic mass is 14.9. The molecule has 1 N–H and O–H groups in total. The molecule has 1 unspecified atom stereocenters. The summed E-state index contributed by atoms with van der Waals surface area (Å²) in [6, 6.07) is 9.01. The van der Waals surface area contributed by atoms with Crippen LogP contribution in [0.2, 0.25) is 0 Å². The van der Waals surface area contributed by atoms with Gasteiger partial charge in [-0.05, 0) is 60.7 Å². The van der Waals surface area contributed by atoms with Crippen LogP contribution in [0.25, 0.3) is 0 Å². The average Bonchev–Trinajstić information content (AvgIpc) is 2.81. The summed E-state index contributed by atoms with van der Waals surface area (Å²) >= 11 is 0. The highest BCUT2D eigenvalue weighted by molar-refractivity contribution is 5.37. The van der Waals surface area contributed by atoms with Gasteiger partial charge in [-0.25, -0.2) is 0 Å². The van der Waals surface area contributed by atoms with Gasteiger partial charge < -0.3 is 5.32 Å². The molecule has 0 amide bonds. The van der Waals surface area contributed by atoms with Crippen LogP contribution in [-0.4, -0.2) is 13.1 Å². The second kappa shape index (κ2) is 4.13. The number of hydrogen-bond donors (Lipinski definition) is 1. The van der Waals surface area contributed by atoms with Gasteiger partial charge in [-0.1, -0.05) is 38.1 Å². The molecule has 1 aromatic rings. The van der Waals surface area contributed by atoms with Gasteiger partial charge in [-0.3, -0.25) is 0 Å². The number of nitrogens with one attached hydrogen (secondary N) is 1. The van der Waals surface area contributed by atoms with Gasteiger partial charge in [0.25, 0.3) is 0 Å². The van der Waals surface area contributed by atoms with E-state index < -0.39 is 0 Å². The Kier molecular flexibility index (Phi) is 2.74. The molecule has 0 radical (unpaired) electrons. The molecule has 1 nitrogen and oxygen atoms in total. The summed E-state index contributed by atoms with van der Waals surface area (Å²) in [6.07, 6.45) is 4.10. The van der Waals surface area contributed by atoms with Crippen LogP contribution in [0.3, 0.4) is 0 Å². The first-order chi connectivity index (χ1) is 8.20. The van der Waals surface area contributed by atoms with E-state index in [-0.39, 0.29) is 0 Å². The van der Waals surface area contributed by atoms with E-state index >= 15 is 0 Å². The van der Waals surface area contributed by atoms with Gasteiger partial charge in [0.15, 0.2) is 0 Å². The predicted molar refractivity (Wildman–Crippen MR) is 72.1 cm³/mol. The number of fused-ring (bicyclic) bond motifs is 1. The Morgan fingerprint density at radius 3 is 2.47 bits per heavy atom. The van der Waals surface area contributed by atoms with Crippen molar-refractivity contribution in [2.75, 3.05) is 13.1 Å². The molecule has 0 aromatic heterocycles. The Hall–Kier alpha value is -0.820. The molecule has 1 spiro atoms. The first-order valence-electron chi connectivity index (χ1n) is 6.97. The number of rotatable bonds is 4. The zero-order valence-electron chi connectivity index (χ0n) is 11.0. The lowest BCUT2D eigenvalue weighted by Crippen LogP contribution is -2.24. The lowest BCUT2D eigenvalue weighted by molar-refractivity contribution is 0.447. The molecule has 1 atom stereocenters. The predicted octanol–water partition coefficient (Wildman–Crippen LogP) is 3.04. The molecule has 0 saturated heterocycles. The van der Waals surface area contributed by atoms with Crippen LogP contribution in [0, 0.1) is 17.3 Å². The molecule has 3 rings (SSSR count). The maximum Gasteiger partial charge on any atom is -0.00147 e. The summed E-state index contributed by atoms with van der Waals surface area (Å²) in [5, 5.41) is 3.62. The Morgan fingerprint density at radius 2 is 1.88 bits per heavy atom. The number of benzene rings is 1. The Balaban J connectivity index is 1.55. The van der Waals surface area contributed by atoms with E-state index in [2.05, 4.69) is 43.4 Å². The quantitative estimate of drug-likeness (QED) is 0.837. The fraction of sp³-hybridized carbons (Fsp3) is 0.625. The molecule has 17 heavy (non-hydrogen) atoms. The summed E-state index contributed by atoms with van der Waals surface area (Å²) in [4.78, 5) is 0. The molecule has 2 aliphatic carbocycles. The standard InChI is InChI=1S/C16H23N/c1-12(2)10-17-11-15-9-16(15)7-13-5-3-4-6-14(13)8-16/h3-6,12,15,17H,7-11H2,1-2H3. The third-order valence-corrected chi connectivity index (χ3v) is 4.51. The minimum atomic E-state index is 0.646. The molecule has 92 valence electrons. The van der Waals surface area contributed by atoms with Gasteiger partial charge in [0.1, 0.15) is 0 Å². The van der Waals surface area contributed by atoms with Crippen LogP contribution in [0.1, 0.15) is 31.4 Å². The van der Waals surface area contributed by atoms with Crippen molar-refractivity contribution in [1.82, 2.24) is 5.32 Å². The first-order valence-corrected chi connectivity index (χ1v) is 6.97. The Labute approximate surface area is 105 Å². The van der Waals surface area contributed by atoms with Gasteiger partial charge in [0, 0.05) is 0 Å². The molecule has 1 saturated carbocycles. The minimum absolute atomic E-state index is 0.646. The average molecular weight is 229 g/mol. The van der Waals surface area contributed by atoms with E-state index in [9.17, 15) is 0 Å². The van der Waals surface area contributed by atoms with E-state index in [0.29, 0.717) is 5.41 Å².